The van der Waals surface area contributed by atoms with Gasteiger partial charge in [-0.3, -0.25) is 4.98 Å². The Morgan fingerprint density at radius 1 is 1.06 bits per heavy atom. The van der Waals surface area contributed by atoms with Gasteiger partial charge in [0.2, 0.25) is 0 Å². The summed E-state index contributed by atoms with van der Waals surface area (Å²) in [5, 5.41) is 3.45. The maximum absolute atomic E-state index is 4.28. The van der Waals surface area contributed by atoms with Gasteiger partial charge >= 0.3 is 0 Å². The van der Waals surface area contributed by atoms with E-state index in [0.717, 1.165) is 12.2 Å². The van der Waals surface area contributed by atoms with Crippen LogP contribution in [0.25, 0.3) is 0 Å². The van der Waals surface area contributed by atoms with Crippen molar-refractivity contribution in [2.24, 2.45) is 0 Å². The van der Waals surface area contributed by atoms with Crippen LogP contribution in [0.15, 0.2) is 54.7 Å². The molecule has 0 aliphatic heterocycles. The first-order valence-corrected chi connectivity index (χ1v) is 5.54. The van der Waals surface area contributed by atoms with Crippen molar-refractivity contribution in [1.82, 2.24) is 10.3 Å². The quantitative estimate of drug-likeness (QED) is 0.898. The highest BCUT2D eigenvalue weighted by atomic mass is 35.5. The average molecular weight is 249 g/mol. The summed E-state index contributed by atoms with van der Waals surface area (Å²) in [4.78, 5) is 4.28. The molecule has 1 aromatic heterocycles. The monoisotopic (exact) mass is 248 g/mol. The van der Waals surface area contributed by atoms with Crippen LogP contribution in [0.3, 0.4) is 0 Å². The number of nitrogens with one attached hydrogen (secondary N) is 1. The number of rotatable bonds is 4. The van der Waals surface area contributed by atoms with Gasteiger partial charge in [0.1, 0.15) is 0 Å². The van der Waals surface area contributed by atoms with E-state index in [4.69, 9.17) is 0 Å². The van der Waals surface area contributed by atoms with E-state index < -0.39 is 0 Å². The van der Waals surface area contributed by atoms with Gasteiger partial charge < -0.3 is 5.32 Å². The van der Waals surface area contributed by atoms with E-state index >= 15 is 0 Å². The van der Waals surface area contributed by atoms with Crippen LogP contribution in [-0.4, -0.2) is 4.98 Å². The highest BCUT2D eigenvalue weighted by Gasteiger charge is 2.03. The lowest BCUT2D eigenvalue weighted by Gasteiger charge is -2.13. The first kappa shape index (κ1) is 13.7. The van der Waals surface area contributed by atoms with Gasteiger partial charge in [-0.25, -0.2) is 0 Å². The Morgan fingerprint density at radius 2 is 1.76 bits per heavy atom. The molecule has 17 heavy (non-hydrogen) atoms. The van der Waals surface area contributed by atoms with Gasteiger partial charge in [-0.1, -0.05) is 36.4 Å². The molecule has 0 saturated carbocycles. The summed E-state index contributed by atoms with van der Waals surface area (Å²) >= 11 is 0. The Balaban J connectivity index is 0.00000144. The lowest BCUT2D eigenvalue weighted by atomic mass is 10.1. The molecule has 2 aromatic rings. The van der Waals surface area contributed by atoms with Gasteiger partial charge in [-0.05, 0) is 24.6 Å². The molecule has 1 aromatic carbocycles. The molecule has 2 nitrogen and oxygen atoms in total. The summed E-state index contributed by atoms with van der Waals surface area (Å²) in [6, 6.07) is 16.8. The third-order valence-electron chi connectivity index (χ3n) is 2.62. The minimum absolute atomic E-state index is 0. The fourth-order valence-electron chi connectivity index (χ4n) is 1.62. The molecule has 2 rings (SSSR count). The molecular formula is C14H17ClN2. The molecule has 0 saturated heterocycles. The second kappa shape index (κ2) is 7.05. The first-order chi connectivity index (χ1) is 7.86. The zero-order valence-corrected chi connectivity index (χ0v) is 10.7. The minimum Gasteiger partial charge on any atom is -0.305 e. The molecule has 90 valence electrons. The zero-order valence-electron chi connectivity index (χ0n) is 9.84. The van der Waals surface area contributed by atoms with Crippen LogP contribution in [0.5, 0.6) is 0 Å². The largest absolute Gasteiger partial charge is 0.305 e. The molecule has 0 amide bonds. The average Bonchev–Trinajstić information content (AvgIpc) is 2.38. The van der Waals surface area contributed by atoms with E-state index in [9.17, 15) is 0 Å². The second-order valence-electron chi connectivity index (χ2n) is 3.83. The van der Waals surface area contributed by atoms with Crippen LogP contribution in [-0.2, 0) is 6.54 Å². The lowest BCUT2D eigenvalue weighted by Crippen LogP contribution is -2.18. The van der Waals surface area contributed by atoms with E-state index in [0.29, 0.717) is 6.04 Å². The molecule has 1 heterocycles. The summed E-state index contributed by atoms with van der Waals surface area (Å²) in [7, 11) is 0. The standard InChI is InChI=1S/C14H16N2.ClH/c1-12(13-7-3-2-4-8-13)16-11-14-9-5-6-10-15-14;/h2-10,12,16H,11H2,1H3;1H. The summed E-state index contributed by atoms with van der Waals surface area (Å²) < 4.78 is 0. The van der Waals surface area contributed by atoms with Gasteiger partial charge in [0.15, 0.2) is 0 Å². The Kier molecular flexibility index (Phi) is 5.67. The summed E-state index contributed by atoms with van der Waals surface area (Å²) in [5.74, 6) is 0. The number of pyridine rings is 1. The zero-order chi connectivity index (χ0) is 11.2. The van der Waals surface area contributed by atoms with Gasteiger partial charge in [0.05, 0.1) is 5.69 Å². The highest BCUT2D eigenvalue weighted by molar-refractivity contribution is 5.85. The SMILES string of the molecule is CC(NCc1ccccn1)c1ccccc1.Cl. The number of halogens is 1. The van der Waals surface area contributed by atoms with Crippen LogP contribution in [0.2, 0.25) is 0 Å². The van der Waals surface area contributed by atoms with Crippen molar-refractivity contribution in [3.8, 4) is 0 Å². The van der Waals surface area contributed by atoms with Crippen molar-refractivity contribution in [3.05, 3.63) is 66.0 Å². The predicted octanol–water partition coefficient (Wildman–Crippen LogP) is 3.35. The first-order valence-electron chi connectivity index (χ1n) is 5.54. The molecule has 0 aliphatic rings. The molecule has 0 spiro atoms. The number of benzene rings is 1. The van der Waals surface area contributed by atoms with E-state index in [-0.39, 0.29) is 12.4 Å². The Labute approximate surface area is 109 Å². The van der Waals surface area contributed by atoms with E-state index in [1.165, 1.54) is 5.56 Å². The van der Waals surface area contributed by atoms with Crippen LogP contribution >= 0.6 is 12.4 Å². The topological polar surface area (TPSA) is 24.9 Å². The van der Waals surface area contributed by atoms with Crippen molar-refractivity contribution < 1.29 is 0 Å². The Hall–Kier alpha value is -1.38. The number of aromatic nitrogens is 1. The fourth-order valence-corrected chi connectivity index (χ4v) is 1.62. The Morgan fingerprint density at radius 3 is 2.41 bits per heavy atom. The summed E-state index contributed by atoms with van der Waals surface area (Å²) in [6.45, 7) is 2.97. The van der Waals surface area contributed by atoms with Crippen molar-refractivity contribution in [3.63, 3.8) is 0 Å². The fraction of sp³-hybridized carbons (Fsp3) is 0.214. The van der Waals surface area contributed by atoms with Crippen molar-refractivity contribution in [2.75, 3.05) is 0 Å². The molecular weight excluding hydrogens is 232 g/mol. The Bertz CT molecular complexity index is 417. The molecule has 3 heteroatoms. The molecule has 0 radical (unpaired) electrons. The lowest BCUT2D eigenvalue weighted by molar-refractivity contribution is 0.568. The van der Waals surface area contributed by atoms with Crippen molar-refractivity contribution >= 4 is 12.4 Å². The summed E-state index contributed by atoms with van der Waals surface area (Å²) in [6.07, 6.45) is 1.82. The van der Waals surface area contributed by atoms with Crippen LogP contribution in [0.1, 0.15) is 24.2 Å². The van der Waals surface area contributed by atoms with E-state index in [1.54, 1.807) is 0 Å². The van der Waals surface area contributed by atoms with Gasteiger partial charge in [-0.15, -0.1) is 12.4 Å². The second-order valence-corrected chi connectivity index (χ2v) is 3.83. The third kappa shape index (κ3) is 4.17. The third-order valence-corrected chi connectivity index (χ3v) is 2.62. The van der Waals surface area contributed by atoms with Gasteiger partial charge in [-0.2, -0.15) is 0 Å². The highest BCUT2D eigenvalue weighted by Crippen LogP contribution is 2.11. The molecule has 1 unspecified atom stereocenters. The predicted molar refractivity (Wildman–Crippen MR) is 73.2 cm³/mol. The van der Waals surface area contributed by atoms with Gasteiger partial charge in [0.25, 0.3) is 0 Å². The molecule has 0 fully saturated rings. The molecule has 0 bridgehead atoms. The number of nitrogens with zero attached hydrogens (tertiary/aromatic N) is 1. The summed E-state index contributed by atoms with van der Waals surface area (Å²) in [5.41, 5.74) is 2.38. The van der Waals surface area contributed by atoms with E-state index in [1.807, 2.05) is 30.5 Å². The molecule has 0 aliphatic carbocycles. The maximum atomic E-state index is 4.28. The molecule has 1 atom stereocenters. The molecule has 1 N–H and O–H groups in total. The van der Waals surface area contributed by atoms with Crippen LogP contribution in [0.4, 0.5) is 0 Å². The minimum atomic E-state index is 0. The van der Waals surface area contributed by atoms with Gasteiger partial charge in [0, 0.05) is 18.8 Å². The smallest absolute Gasteiger partial charge is 0.0541 e. The normalized spacial score (nSPS) is 11.6. The van der Waals surface area contributed by atoms with Crippen molar-refractivity contribution in [1.29, 1.82) is 0 Å². The van der Waals surface area contributed by atoms with E-state index in [2.05, 4.69) is 41.5 Å². The van der Waals surface area contributed by atoms with Crippen LogP contribution < -0.4 is 5.32 Å². The van der Waals surface area contributed by atoms with Crippen molar-refractivity contribution in [2.45, 2.75) is 19.5 Å². The maximum Gasteiger partial charge on any atom is 0.0541 e. The number of hydrogen-bond donors (Lipinski definition) is 1. The number of hydrogen-bond acceptors (Lipinski definition) is 2. The van der Waals surface area contributed by atoms with Crippen LogP contribution in [0, 0.1) is 0 Å².